The first kappa shape index (κ1) is 20.7. The van der Waals surface area contributed by atoms with Crippen LogP contribution in [0, 0.1) is 37.0 Å². The van der Waals surface area contributed by atoms with Crippen molar-refractivity contribution in [3.05, 3.63) is 40.3 Å². The van der Waals surface area contributed by atoms with Gasteiger partial charge in [0.05, 0.1) is 12.0 Å². The summed E-state index contributed by atoms with van der Waals surface area (Å²) in [6.45, 7) is 6.28. The molecular formula is C26H31NO3S. The van der Waals surface area contributed by atoms with Crippen molar-refractivity contribution >= 4 is 28.2 Å². The van der Waals surface area contributed by atoms with Crippen LogP contribution in [0.2, 0.25) is 0 Å². The molecular weight excluding hydrogens is 406 g/mol. The van der Waals surface area contributed by atoms with E-state index in [2.05, 4.69) is 31.3 Å². The van der Waals surface area contributed by atoms with Crippen LogP contribution in [-0.2, 0) is 9.53 Å². The summed E-state index contributed by atoms with van der Waals surface area (Å²) >= 11 is 1.43. The monoisotopic (exact) mass is 437 g/mol. The summed E-state index contributed by atoms with van der Waals surface area (Å²) in [4.78, 5) is 26.5. The largest absolute Gasteiger partial charge is 0.462 e. The number of anilines is 1. The number of aryl methyl sites for hydroxylation is 2. The lowest BCUT2D eigenvalue weighted by atomic mass is 9.49. The minimum absolute atomic E-state index is 0.116. The van der Waals surface area contributed by atoms with E-state index in [0.29, 0.717) is 34.9 Å². The number of rotatable bonds is 5. The van der Waals surface area contributed by atoms with Crippen molar-refractivity contribution in [2.75, 3.05) is 11.9 Å². The van der Waals surface area contributed by atoms with E-state index >= 15 is 0 Å². The van der Waals surface area contributed by atoms with Crippen LogP contribution in [-0.4, -0.2) is 18.5 Å². The highest BCUT2D eigenvalue weighted by Crippen LogP contribution is 2.60. The van der Waals surface area contributed by atoms with Gasteiger partial charge in [0.15, 0.2) is 0 Å². The fourth-order valence-corrected chi connectivity index (χ4v) is 7.55. The van der Waals surface area contributed by atoms with Gasteiger partial charge in [-0.2, -0.15) is 0 Å². The molecule has 4 fully saturated rings. The highest BCUT2D eigenvalue weighted by atomic mass is 32.1. The third-order valence-electron chi connectivity index (χ3n) is 7.84. The number of carbonyl (C=O) groups excluding carboxylic acids is 2. The summed E-state index contributed by atoms with van der Waals surface area (Å²) in [7, 11) is 0. The van der Waals surface area contributed by atoms with E-state index in [0.717, 1.165) is 30.4 Å². The smallest absolute Gasteiger partial charge is 0.341 e. The second-order valence-corrected chi connectivity index (χ2v) is 10.9. The summed E-state index contributed by atoms with van der Waals surface area (Å²) in [5, 5.41) is 5.81. The van der Waals surface area contributed by atoms with Gasteiger partial charge in [-0.3, -0.25) is 4.79 Å². The van der Waals surface area contributed by atoms with Crippen LogP contribution in [0.4, 0.5) is 5.00 Å². The molecule has 1 amide bonds. The first-order valence-corrected chi connectivity index (χ1v) is 12.4. The molecule has 0 radical (unpaired) electrons. The molecule has 4 nitrogen and oxygen atoms in total. The van der Waals surface area contributed by atoms with E-state index in [-0.39, 0.29) is 17.3 Å². The highest BCUT2D eigenvalue weighted by Gasteiger charge is 2.54. The maximum Gasteiger partial charge on any atom is 0.341 e. The highest BCUT2D eigenvalue weighted by molar-refractivity contribution is 7.15. The summed E-state index contributed by atoms with van der Waals surface area (Å²) < 4.78 is 5.39. The zero-order valence-electron chi connectivity index (χ0n) is 18.6. The van der Waals surface area contributed by atoms with Gasteiger partial charge in [-0.05, 0) is 93.7 Å². The number of benzene rings is 1. The van der Waals surface area contributed by atoms with Gasteiger partial charge in [0.2, 0.25) is 5.91 Å². The minimum atomic E-state index is -0.363. The molecule has 0 aliphatic heterocycles. The Hall–Kier alpha value is -2.14. The predicted octanol–water partition coefficient (Wildman–Crippen LogP) is 6.36. The Labute approximate surface area is 188 Å². The van der Waals surface area contributed by atoms with Gasteiger partial charge in [-0.1, -0.05) is 18.2 Å². The number of hydrogen-bond acceptors (Lipinski definition) is 4. The van der Waals surface area contributed by atoms with Crippen LogP contribution < -0.4 is 5.32 Å². The topological polar surface area (TPSA) is 55.4 Å². The van der Waals surface area contributed by atoms with Crippen LogP contribution in [0.1, 0.15) is 66.9 Å². The number of ether oxygens (including phenoxy) is 1. The minimum Gasteiger partial charge on any atom is -0.462 e. The molecule has 1 N–H and O–H groups in total. The Morgan fingerprint density at radius 3 is 2.29 bits per heavy atom. The molecule has 6 rings (SSSR count). The van der Waals surface area contributed by atoms with Gasteiger partial charge >= 0.3 is 5.97 Å². The van der Waals surface area contributed by atoms with Gasteiger partial charge in [-0.15, -0.1) is 11.3 Å². The SMILES string of the molecule is CCOC(=O)c1c(-c2ccc(C)c(C)c2)csc1NC(=O)C12CC3CC(CC(C3)C1)C2. The maximum absolute atomic E-state index is 13.6. The fraction of sp³-hybridized carbons (Fsp3) is 0.538. The molecule has 0 spiro atoms. The lowest BCUT2D eigenvalue weighted by Gasteiger charge is -2.55. The Bertz CT molecular complexity index is 1000. The molecule has 1 aromatic carbocycles. The Morgan fingerprint density at radius 2 is 1.71 bits per heavy atom. The molecule has 164 valence electrons. The molecule has 4 saturated carbocycles. The first-order valence-electron chi connectivity index (χ1n) is 11.6. The van der Waals surface area contributed by atoms with E-state index in [1.165, 1.54) is 41.7 Å². The van der Waals surface area contributed by atoms with Gasteiger partial charge in [-0.25, -0.2) is 4.79 Å². The molecule has 31 heavy (non-hydrogen) atoms. The number of nitrogens with one attached hydrogen (secondary N) is 1. The second kappa shape index (κ2) is 7.77. The summed E-state index contributed by atoms with van der Waals surface area (Å²) in [6, 6.07) is 6.22. The molecule has 1 heterocycles. The number of amides is 1. The van der Waals surface area contributed by atoms with Crippen molar-refractivity contribution in [1.82, 2.24) is 0 Å². The number of carbonyl (C=O) groups is 2. The molecule has 2 aromatic rings. The Morgan fingerprint density at radius 1 is 1.06 bits per heavy atom. The van der Waals surface area contributed by atoms with E-state index in [1.807, 2.05) is 18.4 Å². The molecule has 0 saturated heterocycles. The normalized spacial score (nSPS) is 28.5. The molecule has 4 aliphatic carbocycles. The number of hydrogen-bond donors (Lipinski definition) is 1. The van der Waals surface area contributed by atoms with E-state index < -0.39 is 0 Å². The van der Waals surface area contributed by atoms with Gasteiger partial charge in [0.25, 0.3) is 0 Å². The van der Waals surface area contributed by atoms with E-state index in [9.17, 15) is 9.59 Å². The zero-order valence-corrected chi connectivity index (χ0v) is 19.4. The summed E-state index contributed by atoms with van der Waals surface area (Å²) in [5.74, 6) is 1.87. The molecule has 0 atom stereocenters. The molecule has 0 unspecified atom stereocenters. The summed E-state index contributed by atoms with van der Waals surface area (Å²) in [5.41, 5.74) is 4.47. The van der Waals surface area contributed by atoms with Crippen LogP contribution in [0.3, 0.4) is 0 Å². The van der Waals surface area contributed by atoms with Crippen molar-refractivity contribution in [2.24, 2.45) is 23.2 Å². The lowest BCUT2D eigenvalue weighted by molar-refractivity contribution is -0.140. The van der Waals surface area contributed by atoms with Crippen molar-refractivity contribution in [3.63, 3.8) is 0 Å². The van der Waals surface area contributed by atoms with Crippen molar-refractivity contribution in [1.29, 1.82) is 0 Å². The van der Waals surface area contributed by atoms with Crippen LogP contribution >= 0.6 is 11.3 Å². The molecule has 4 aliphatic rings. The van der Waals surface area contributed by atoms with Crippen molar-refractivity contribution in [3.8, 4) is 11.1 Å². The number of esters is 1. The third-order valence-corrected chi connectivity index (χ3v) is 8.73. The second-order valence-electron chi connectivity index (χ2n) is 10.0. The standard InChI is InChI=1S/C26H31NO3S/c1-4-30-24(28)22-21(20-6-5-15(2)16(3)7-20)14-31-23(22)27-25(29)26-11-17-8-18(12-26)10-19(9-17)13-26/h5-7,14,17-19H,4,8-13H2,1-3H3,(H,27,29). The third kappa shape index (κ3) is 3.61. The fourth-order valence-electron chi connectivity index (χ4n) is 6.60. The maximum atomic E-state index is 13.6. The number of thiophene rings is 1. The zero-order chi connectivity index (χ0) is 21.8. The van der Waals surface area contributed by atoms with E-state index in [1.54, 1.807) is 0 Å². The first-order chi connectivity index (χ1) is 14.9. The van der Waals surface area contributed by atoms with E-state index in [4.69, 9.17) is 4.74 Å². The van der Waals surface area contributed by atoms with Crippen LogP contribution in [0.15, 0.2) is 23.6 Å². The Kier molecular flexibility index (Phi) is 5.20. The predicted molar refractivity (Wildman–Crippen MR) is 124 cm³/mol. The van der Waals surface area contributed by atoms with Crippen LogP contribution in [0.25, 0.3) is 11.1 Å². The molecule has 4 bridgehead atoms. The van der Waals surface area contributed by atoms with Crippen LogP contribution in [0.5, 0.6) is 0 Å². The van der Waals surface area contributed by atoms with Gasteiger partial charge in [0.1, 0.15) is 10.6 Å². The lowest BCUT2D eigenvalue weighted by Crippen LogP contribution is -2.51. The average molecular weight is 438 g/mol. The van der Waals surface area contributed by atoms with Crippen molar-refractivity contribution < 1.29 is 14.3 Å². The molecule has 1 aromatic heterocycles. The quantitative estimate of drug-likeness (QED) is 0.554. The average Bonchev–Trinajstić information content (AvgIpc) is 3.13. The van der Waals surface area contributed by atoms with Crippen molar-refractivity contribution in [2.45, 2.75) is 59.3 Å². The summed E-state index contributed by atoms with van der Waals surface area (Å²) in [6.07, 6.45) is 6.93. The van der Waals surface area contributed by atoms with Gasteiger partial charge in [0, 0.05) is 10.9 Å². The Balaban J connectivity index is 1.48. The molecule has 5 heteroatoms. The van der Waals surface area contributed by atoms with Gasteiger partial charge < -0.3 is 10.1 Å².